The summed E-state index contributed by atoms with van der Waals surface area (Å²) in [6, 6.07) is -0.325. The van der Waals surface area contributed by atoms with E-state index in [1.54, 1.807) is 17.9 Å². The molecule has 1 saturated heterocycles. The van der Waals surface area contributed by atoms with Crippen LogP contribution in [0.3, 0.4) is 0 Å². The molecule has 24 heavy (non-hydrogen) atoms. The highest BCUT2D eigenvalue weighted by Crippen LogP contribution is 2.17. The molecule has 0 aromatic carbocycles. The lowest BCUT2D eigenvalue weighted by molar-refractivity contribution is -0.123. The molecular weight excluding hydrogens is 349 g/mol. The minimum atomic E-state index is -0.325. The number of rotatable bonds is 7. The van der Waals surface area contributed by atoms with Crippen molar-refractivity contribution in [2.75, 3.05) is 33.2 Å². The van der Waals surface area contributed by atoms with Gasteiger partial charge in [-0.25, -0.2) is 0 Å². The third-order valence-electron chi connectivity index (χ3n) is 4.42. The molecular formula is C16H31Cl2N5O. The second-order valence-corrected chi connectivity index (χ2v) is 6.20. The number of piperidine rings is 1. The molecule has 1 aliphatic heterocycles. The Morgan fingerprint density at radius 3 is 2.54 bits per heavy atom. The van der Waals surface area contributed by atoms with Crippen LogP contribution >= 0.6 is 24.8 Å². The fourth-order valence-corrected chi connectivity index (χ4v) is 3.12. The van der Waals surface area contributed by atoms with Gasteiger partial charge in [-0.3, -0.25) is 9.48 Å². The number of amides is 1. The topological polar surface area (TPSA) is 62.2 Å². The molecule has 8 heteroatoms. The number of nitrogens with zero attached hydrogens (tertiary/aromatic N) is 3. The smallest absolute Gasteiger partial charge is 0.241 e. The molecule has 1 fully saturated rings. The van der Waals surface area contributed by atoms with E-state index in [4.69, 9.17) is 0 Å². The van der Waals surface area contributed by atoms with Crippen molar-refractivity contribution < 1.29 is 4.79 Å². The molecule has 1 unspecified atom stereocenters. The maximum Gasteiger partial charge on any atom is 0.241 e. The van der Waals surface area contributed by atoms with Crippen molar-refractivity contribution in [3.63, 3.8) is 0 Å². The van der Waals surface area contributed by atoms with Gasteiger partial charge in [0.25, 0.3) is 0 Å². The van der Waals surface area contributed by atoms with Crippen LogP contribution in [0.25, 0.3) is 0 Å². The van der Waals surface area contributed by atoms with E-state index in [-0.39, 0.29) is 36.8 Å². The SMILES string of the molecule is CCCN1CCC(CNC(=O)C(NC)c2cnn(C)c2)CC1.Cl.Cl. The molecule has 1 amide bonds. The summed E-state index contributed by atoms with van der Waals surface area (Å²) in [5.74, 6) is 0.634. The first kappa shape index (κ1) is 23.2. The zero-order chi connectivity index (χ0) is 15.9. The van der Waals surface area contributed by atoms with Crippen molar-refractivity contribution in [1.29, 1.82) is 0 Å². The number of likely N-dealkylation sites (tertiary alicyclic amines) is 1. The molecule has 1 aliphatic rings. The number of likely N-dealkylation sites (N-methyl/N-ethyl adjacent to an activating group) is 1. The highest BCUT2D eigenvalue weighted by molar-refractivity contribution is 5.85. The molecule has 140 valence electrons. The Hall–Kier alpha value is -0.820. The Bertz CT molecular complexity index is 475. The van der Waals surface area contributed by atoms with E-state index in [1.165, 1.54) is 25.8 Å². The predicted molar refractivity (Wildman–Crippen MR) is 102 cm³/mol. The van der Waals surface area contributed by atoms with Crippen LogP contribution in [0.4, 0.5) is 0 Å². The molecule has 6 nitrogen and oxygen atoms in total. The summed E-state index contributed by atoms with van der Waals surface area (Å²) in [5, 5.41) is 10.3. The molecule has 2 heterocycles. The molecule has 1 aromatic heterocycles. The van der Waals surface area contributed by atoms with E-state index in [0.29, 0.717) is 5.92 Å². The largest absolute Gasteiger partial charge is 0.354 e. The molecule has 1 aromatic rings. The summed E-state index contributed by atoms with van der Waals surface area (Å²) < 4.78 is 1.72. The lowest BCUT2D eigenvalue weighted by Gasteiger charge is -2.32. The van der Waals surface area contributed by atoms with Gasteiger partial charge in [-0.05, 0) is 51.9 Å². The van der Waals surface area contributed by atoms with Crippen LogP contribution in [-0.4, -0.2) is 53.8 Å². The van der Waals surface area contributed by atoms with Gasteiger partial charge >= 0.3 is 0 Å². The van der Waals surface area contributed by atoms with Gasteiger partial charge in [-0.15, -0.1) is 24.8 Å². The van der Waals surface area contributed by atoms with E-state index in [0.717, 1.165) is 25.2 Å². The second kappa shape index (κ2) is 11.7. The van der Waals surface area contributed by atoms with Gasteiger partial charge in [0.1, 0.15) is 6.04 Å². The third-order valence-corrected chi connectivity index (χ3v) is 4.42. The number of hydrogen-bond acceptors (Lipinski definition) is 4. The Morgan fingerprint density at radius 2 is 2.04 bits per heavy atom. The summed E-state index contributed by atoms with van der Waals surface area (Å²) in [5.41, 5.74) is 0.903. The maximum absolute atomic E-state index is 12.4. The average molecular weight is 380 g/mol. The van der Waals surface area contributed by atoms with Crippen molar-refractivity contribution >= 4 is 30.7 Å². The Kier molecular flexibility index (Phi) is 11.3. The predicted octanol–water partition coefficient (Wildman–Crippen LogP) is 1.76. The fourth-order valence-electron chi connectivity index (χ4n) is 3.12. The van der Waals surface area contributed by atoms with Crippen LogP contribution in [0, 0.1) is 5.92 Å². The molecule has 0 aliphatic carbocycles. The summed E-state index contributed by atoms with van der Waals surface area (Å²) in [7, 11) is 3.67. The van der Waals surface area contributed by atoms with Crippen molar-refractivity contribution in [3.8, 4) is 0 Å². The number of nitrogens with one attached hydrogen (secondary N) is 2. The summed E-state index contributed by atoms with van der Waals surface area (Å²) in [6.45, 7) is 6.51. The van der Waals surface area contributed by atoms with Crippen molar-refractivity contribution in [2.24, 2.45) is 13.0 Å². The lowest BCUT2D eigenvalue weighted by atomic mass is 9.96. The van der Waals surface area contributed by atoms with Gasteiger partial charge in [0, 0.05) is 25.4 Å². The molecule has 0 spiro atoms. The van der Waals surface area contributed by atoms with Gasteiger partial charge in [0.05, 0.1) is 6.20 Å². The van der Waals surface area contributed by atoms with Gasteiger partial charge < -0.3 is 15.5 Å². The molecule has 0 bridgehead atoms. The standard InChI is InChI=1S/C16H29N5O.2ClH/c1-4-7-21-8-5-13(6-9-21)10-18-16(22)15(17-2)14-11-19-20(3)12-14;;/h11-13,15,17H,4-10H2,1-3H3,(H,18,22);2*1H. The number of aryl methyl sites for hydroxylation is 1. The van der Waals surface area contributed by atoms with Gasteiger partial charge in [-0.2, -0.15) is 5.10 Å². The van der Waals surface area contributed by atoms with Gasteiger partial charge in [0.15, 0.2) is 0 Å². The minimum absolute atomic E-state index is 0. The average Bonchev–Trinajstić information content (AvgIpc) is 2.94. The molecule has 1 atom stereocenters. The molecule has 2 N–H and O–H groups in total. The number of aromatic nitrogens is 2. The first-order valence-electron chi connectivity index (χ1n) is 8.30. The number of halogens is 2. The molecule has 0 saturated carbocycles. The highest BCUT2D eigenvalue weighted by Gasteiger charge is 2.23. The quantitative estimate of drug-likeness (QED) is 0.757. The first-order valence-corrected chi connectivity index (χ1v) is 8.30. The van der Waals surface area contributed by atoms with E-state index >= 15 is 0 Å². The third kappa shape index (κ3) is 6.59. The van der Waals surface area contributed by atoms with Crippen molar-refractivity contribution in [2.45, 2.75) is 32.2 Å². The summed E-state index contributed by atoms with van der Waals surface area (Å²) in [4.78, 5) is 14.9. The Labute approximate surface area is 157 Å². The Morgan fingerprint density at radius 1 is 1.38 bits per heavy atom. The second-order valence-electron chi connectivity index (χ2n) is 6.20. The molecule has 2 rings (SSSR count). The number of carbonyl (C=O) groups is 1. The van der Waals surface area contributed by atoms with Gasteiger partial charge in [-0.1, -0.05) is 6.92 Å². The van der Waals surface area contributed by atoms with Crippen molar-refractivity contribution in [1.82, 2.24) is 25.3 Å². The fraction of sp³-hybridized carbons (Fsp3) is 0.750. The van der Waals surface area contributed by atoms with Crippen LogP contribution < -0.4 is 10.6 Å². The van der Waals surface area contributed by atoms with Crippen LogP contribution in [0.15, 0.2) is 12.4 Å². The van der Waals surface area contributed by atoms with E-state index in [1.807, 2.05) is 13.2 Å². The van der Waals surface area contributed by atoms with Crippen LogP contribution in [0.2, 0.25) is 0 Å². The van der Waals surface area contributed by atoms with Crippen LogP contribution in [-0.2, 0) is 11.8 Å². The number of hydrogen-bond donors (Lipinski definition) is 2. The zero-order valence-electron chi connectivity index (χ0n) is 14.8. The summed E-state index contributed by atoms with van der Waals surface area (Å²) >= 11 is 0. The van der Waals surface area contributed by atoms with Crippen molar-refractivity contribution in [3.05, 3.63) is 18.0 Å². The highest BCUT2D eigenvalue weighted by atomic mass is 35.5. The minimum Gasteiger partial charge on any atom is -0.354 e. The Balaban J connectivity index is 0.00000264. The van der Waals surface area contributed by atoms with E-state index < -0.39 is 0 Å². The normalized spacial score (nSPS) is 16.8. The van der Waals surface area contributed by atoms with E-state index in [2.05, 4.69) is 27.6 Å². The maximum atomic E-state index is 12.4. The monoisotopic (exact) mass is 379 g/mol. The van der Waals surface area contributed by atoms with Crippen LogP contribution in [0.5, 0.6) is 0 Å². The summed E-state index contributed by atoms with van der Waals surface area (Å²) in [6.07, 6.45) is 7.19. The molecule has 0 radical (unpaired) electrons. The van der Waals surface area contributed by atoms with Crippen LogP contribution in [0.1, 0.15) is 37.8 Å². The first-order chi connectivity index (χ1) is 10.6. The number of carbonyl (C=O) groups excluding carboxylic acids is 1. The van der Waals surface area contributed by atoms with E-state index in [9.17, 15) is 4.79 Å². The lowest BCUT2D eigenvalue weighted by Crippen LogP contribution is -2.41. The van der Waals surface area contributed by atoms with Gasteiger partial charge in [0.2, 0.25) is 5.91 Å². The zero-order valence-corrected chi connectivity index (χ0v) is 16.5.